The topological polar surface area (TPSA) is 56.7 Å². The minimum Gasteiger partial charge on any atom is -0.397 e. The maximum absolute atomic E-state index is 5.71. The van der Waals surface area contributed by atoms with Crippen LogP contribution in [0.2, 0.25) is 0 Å². The standard InChI is InChI=1S/C8H10N4/c1-2-12-7-5-3-4-6(9)8(7)10-11-12/h3-5H,2,9H2,1H3. The fourth-order valence-electron chi connectivity index (χ4n) is 1.25. The van der Waals surface area contributed by atoms with Crippen LogP contribution < -0.4 is 5.73 Å². The van der Waals surface area contributed by atoms with Crippen LogP contribution in [0, 0.1) is 0 Å². The quantitative estimate of drug-likeness (QED) is 0.637. The summed E-state index contributed by atoms with van der Waals surface area (Å²) in [5.41, 5.74) is 8.18. The Morgan fingerprint density at radius 1 is 1.50 bits per heavy atom. The molecule has 2 N–H and O–H groups in total. The second-order valence-electron chi connectivity index (χ2n) is 2.62. The number of nitrogens with two attached hydrogens (primary N) is 1. The number of benzene rings is 1. The first-order chi connectivity index (χ1) is 5.83. The number of fused-ring (bicyclic) bond motifs is 1. The van der Waals surface area contributed by atoms with Crippen LogP contribution in [-0.2, 0) is 6.54 Å². The van der Waals surface area contributed by atoms with Crippen LogP contribution in [0.4, 0.5) is 5.69 Å². The summed E-state index contributed by atoms with van der Waals surface area (Å²) in [6.07, 6.45) is 0. The molecule has 0 fully saturated rings. The predicted octanol–water partition coefficient (Wildman–Crippen LogP) is 1.03. The number of aryl methyl sites for hydroxylation is 1. The molecule has 0 bridgehead atoms. The van der Waals surface area contributed by atoms with Gasteiger partial charge in [-0.25, -0.2) is 4.68 Å². The highest BCUT2D eigenvalue weighted by Crippen LogP contribution is 2.16. The third-order valence-electron chi connectivity index (χ3n) is 1.88. The maximum Gasteiger partial charge on any atom is 0.136 e. The highest BCUT2D eigenvalue weighted by molar-refractivity contribution is 5.86. The van der Waals surface area contributed by atoms with Gasteiger partial charge in [0.15, 0.2) is 0 Å². The molecule has 4 nitrogen and oxygen atoms in total. The molecule has 12 heavy (non-hydrogen) atoms. The number of hydrogen-bond donors (Lipinski definition) is 1. The average Bonchev–Trinajstić information content (AvgIpc) is 2.49. The van der Waals surface area contributed by atoms with Crippen molar-refractivity contribution in [2.45, 2.75) is 13.5 Å². The summed E-state index contributed by atoms with van der Waals surface area (Å²) < 4.78 is 1.83. The molecule has 0 spiro atoms. The summed E-state index contributed by atoms with van der Waals surface area (Å²) in [6, 6.07) is 5.71. The molecule has 0 atom stereocenters. The van der Waals surface area contributed by atoms with Gasteiger partial charge in [0.05, 0.1) is 11.2 Å². The van der Waals surface area contributed by atoms with Gasteiger partial charge in [-0.15, -0.1) is 5.10 Å². The number of aromatic nitrogens is 3. The fraction of sp³-hybridized carbons (Fsp3) is 0.250. The van der Waals surface area contributed by atoms with Crippen LogP contribution in [0.1, 0.15) is 6.92 Å². The summed E-state index contributed by atoms with van der Waals surface area (Å²) in [5, 5.41) is 7.94. The van der Waals surface area contributed by atoms with E-state index in [4.69, 9.17) is 5.73 Å². The molecular weight excluding hydrogens is 152 g/mol. The van der Waals surface area contributed by atoms with E-state index in [1.807, 2.05) is 29.8 Å². The molecule has 0 unspecified atom stereocenters. The Kier molecular flexibility index (Phi) is 1.46. The zero-order chi connectivity index (χ0) is 8.55. The first-order valence-corrected chi connectivity index (χ1v) is 3.90. The van der Waals surface area contributed by atoms with Gasteiger partial charge in [0, 0.05) is 6.54 Å². The van der Waals surface area contributed by atoms with E-state index >= 15 is 0 Å². The zero-order valence-corrected chi connectivity index (χ0v) is 6.86. The molecule has 0 saturated heterocycles. The third kappa shape index (κ3) is 0.845. The van der Waals surface area contributed by atoms with Crippen molar-refractivity contribution in [2.75, 3.05) is 5.73 Å². The predicted molar refractivity (Wildman–Crippen MR) is 47.6 cm³/mol. The van der Waals surface area contributed by atoms with Crippen LogP contribution in [0.15, 0.2) is 18.2 Å². The van der Waals surface area contributed by atoms with E-state index in [0.29, 0.717) is 5.69 Å². The average molecular weight is 162 g/mol. The molecule has 1 aromatic carbocycles. The van der Waals surface area contributed by atoms with E-state index in [2.05, 4.69) is 10.3 Å². The SMILES string of the molecule is CCn1nnc2c(N)cccc21. The summed E-state index contributed by atoms with van der Waals surface area (Å²) in [6.45, 7) is 2.84. The highest BCUT2D eigenvalue weighted by Gasteiger charge is 2.03. The van der Waals surface area contributed by atoms with E-state index in [-0.39, 0.29) is 0 Å². The van der Waals surface area contributed by atoms with E-state index in [1.54, 1.807) is 0 Å². The molecule has 1 heterocycles. The van der Waals surface area contributed by atoms with Crippen molar-refractivity contribution in [3.63, 3.8) is 0 Å². The van der Waals surface area contributed by atoms with E-state index in [1.165, 1.54) is 0 Å². The lowest BCUT2D eigenvalue weighted by molar-refractivity contribution is 0.646. The number of hydrogen-bond acceptors (Lipinski definition) is 3. The van der Waals surface area contributed by atoms with Gasteiger partial charge in [0.1, 0.15) is 5.52 Å². The Labute approximate surface area is 70.0 Å². The normalized spacial score (nSPS) is 10.8. The van der Waals surface area contributed by atoms with Crippen LogP contribution >= 0.6 is 0 Å². The molecule has 1 aromatic heterocycles. The molecule has 2 aromatic rings. The summed E-state index contributed by atoms with van der Waals surface area (Å²) in [7, 11) is 0. The summed E-state index contributed by atoms with van der Waals surface area (Å²) >= 11 is 0. The van der Waals surface area contributed by atoms with Gasteiger partial charge in [-0.2, -0.15) is 0 Å². The molecule has 0 aliphatic rings. The van der Waals surface area contributed by atoms with Gasteiger partial charge in [-0.3, -0.25) is 0 Å². The van der Waals surface area contributed by atoms with Gasteiger partial charge >= 0.3 is 0 Å². The largest absolute Gasteiger partial charge is 0.397 e. The lowest BCUT2D eigenvalue weighted by Crippen LogP contribution is -1.95. The molecule has 62 valence electrons. The van der Waals surface area contributed by atoms with Crippen molar-refractivity contribution < 1.29 is 0 Å². The first kappa shape index (κ1) is 7.09. The summed E-state index contributed by atoms with van der Waals surface area (Å²) in [5.74, 6) is 0. The van der Waals surface area contributed by atoms with Crippen molar-refractivity contribution >= 4 is 16.7 Å². The van der Waals surface area contributed by atoms with Gasteiger partial charge in [-0.05, 0) is 19.1 Å². The van der Waals surface area contributed by atoms with Crippen molar-refractivity contribution in [1.29, 1.82) is 0 Å². The third-order valence-corrected chi connectivity index (χ3v) is 1.88. The molecule has 2 rings (SSSR count). The molecule has 0 saturated carbocycles. The van der Waals surface area contributed by atoms with Gasteiger partial charge < -0.3 is 5.73 Å². The number of anilines is 1. The highest BCUT2D eigenvalue weighted by atomic mass is 15.4. The van der Waals surface area contributed by atoms with Gasteiger partial charge in [0.25, 0.3) is 0 Å². The molecule has 0 radical (unpaired) electrons. The van der Waals surface area contributed by atoms with Crippen LogP contribution in [0.5, 0.6) is 0 Å². The van der Waals surface area contributed by atoms with Crippen LogP contribution in [0.3, 0.4) is 0 Å². The van der Waals surface area contributed by atoms with Gasteiger partial charge in [0.2, 0.25) is 0 Å². The second kappa shape index (κ2) is 2.48. The fourth-order valence-corrected chi connectivity index (χ4v) is 1.25. The number of rotatable bonds is 1. The number of nitrogen functional groups attached to an aromatic ring is 1. The minimum atomic E-state index is 0.687. The Bertz CT molecular complexity index is 404. The Hall–Kier alpha value is -1.58. The molecule has 4 heteroatoms. The molecule has 0 aliphatic carbocycles. The van der Waals surface area contributed by atoms with E-state index in [9.17, 15) is 0 Å². The molecule has 0 aliphatic heterocycles. The van der Waals surface area contributed by atoms with Crippen molar-refractivity contribution in [2.24, 2.45) is 0 Å². The minimum absolute atomic E-state index is 0.687. The second-order valence-corrected chi connectivity index (χ2v) is 2.62. The molecular formula is C8H10N4. The van der Waals surface area contributed by atoms with Crippen molar-refractivity contribution in [3.05, 3.63) is 18.2 Å². The van der Waals surface area contributed by atoms with Crippen molar-refractivity contribution in [3.8, 4) is 0 Å². The zero-order valence-electron chi connectivity index (χ0n) is 6.86. The Morgan fingerprint density at radius 3 is 3.08 bits per heavy atom. The summed E-state index contributed by atoms with van der Waals surface area (Å²) in [4.78, 5) is 0. The van der Waals surface area contributed by atoms with Crippen LogP contribution in [-0.4, -0.2) is 15.0 Å². The van der Waals surface area contributed by atoms with Crippen molar-refractivity contribution in [1.82, 2.24) is 15.0 Å². The van der Waals surface area contributed by atoms with Crippen LogP contribution in [0.25, 0.3) is 11.0 Å². The molecule has 0 amide bonds. The lowest BCUT2D eigenvalue weighted by atomic mass is 10.3. The van der Waals surface area contributed by atoms with E-state index in [0.717, 1.165) is 17.6 Å². The van der Waals surface area contributed by atoms with E-state index < -0.39 is 0 Å². The first-order valence-electron chi connectivity index (χ1n) is 3.90. The van der Waals surface area contributed by atoms with Gasteiger partial charge in [-0.1, -0.05) is 11.3 Å². The smallest absolute Gasteiger partial charge is 0.136 e. The Balaban J connectivity index is 2.80. The number of nitrogens with zero attached hydrogens (tertiary/aromatic N) is 3. The monoisotopic (exact) mass is 162 g/mol. The Morgan fingerprint density at radius 2 is 2.33 bits per heavy atom. The lowest BCUT2D eigenvalue weighted by Gasteiger charge is -1.96. The maximum atomic E-state index is 5.71.